The van der Waals surface area contributed by atoms with Crippen molar-refractivity contribution in [1.82, 2.24) is 4.90 Å². The van der Waals surface area contributed by atoms with Crippen molar-refractivity contribution >= 4 is 62.2 Å². The lowest BCUT2D eigenvalue weighted by Crippen LogP contribution is -2.36. The zero-order chi connectivity index (χ0) is 28.8. The summed E-state index contributed by atoms with van der Waals surface area (Å²) >= 11 is 4.16. The molecule has 206 valence electrons. The van der Waals surface area contributed by atoms with Gasteiger partial charge in [-0.3, -0.25) is 29.4 Å². The van der Waals surface area contributed by atoms with E-state index in [9.17, 15) is 28.9 Å². The largest absolute Gasteiger partial charge is 0.490 e. The van der Waals surface area contributed by atoms with E-state index in [0.717, 1.165) is 4.90 Å². The molecule has 1 N–H and O–H groups in total. The maximum Gasteiger partial charge on any atom is 0.294 e. The van der Waals surface area contributed by atoms with Crippen molar-refractivity contribution in [3.63, 3.8) is 0 Å². The van der Waals surface area contributed by atoms with Crippen LogP contribution in [-0.4, -0.2) is 40.0 Å². The molecule has 13 heteroatoms. The molecule has 0 atom stereocenters. The molecule has 4 rings (SSSR count). The summed E-state index contributed by atoms with van der Waals surface area (Å²) in [5, 5.41) is 12.8. The quantitative estimate of drug-likeness (QED) is 0.161. The standard InChI is InChI=1S/C27H21BrFN3O7S/c1-2-38-22-11-17(21(28)13-23(22)39-15-16-3-9-20(10-4-16)32(36)37)12-24-26(34)31(27(35)40-24)14-25(33)30-19-7-5-18(29)6-8-19/h3-13H,2,14-15H2,1H3,(H,30,33)/b24-12-. The Morgan fingerprint density at radius 1 is 1.10 bits per heavy atom. The molecule has 0 bridgehead atoms. The predicted molar refractivity (Wildman–Crippen MR) is 150 cm³/mol. The first-order chi connectivity index (χ1) is 19.1. The summed E-state index contributed by atoms with van der Waals surface area (Å²) in [6, 6.07) is 14.4. The Hall–Kier alpha value is -4.23. The number of non-ortho nitro benzene ring substituents is 1. The van der Waals surface area contributed by atoms with E-state index in [1.807, 2.05) is 0 Å². The Labute approximate surface area is 240 Å². The molecule has 1 saturated heterocycles. The lowest BCUT2D eigenvalue weighted by molar-refractivity contribution is -0.384. The first-order valence-electron chi connectivity index (χ1n) is 11.8. The Morgan fingerprint density at radius 3 is 2.42 bits per heavy atom. The van der Waals surface area contributed by atoms with Gasteiger partial charge in [0.2, 0.25) is 5.91 Å². The van der Waals surface area contributed by atoms with E-state index in [1.165, 1.54) is 42.5 Å². The lowest BCUT2D eigenvalue weighted by atomic mass is 10.1. The van der Waals surface area contributed by atoms with Crippen LogP contribution < -0.4 is 14.8 Å². The van der Waals surface area contributed by atoms with Gasteiger partial charge in [0.15, 0.2) is 11.5 Å². The molecular weight excluding hydrogens is 609 g/mol. The number of nitro groups is 1. The second kappa shape index (κ2) is 12.7. The molecule has 1 fully saturated rings. The highest BCUT2D eigenvalue weighted by Crippen LogP contribution is 2.38. The van der Waals surface area contributed by atoms with E-state index in [2.05, 4.69) is 21.2 Å². The molecule has 1 aliphatic rings. The molecule has 1 aliphatic heterocycles. The van der Waals surface area contributed by atoms with E-state index < -0.39 is 34.3 Å². The van der Waals surface area contributed by atoms with Crippen LogP contribution in [0.5, 0.6) is 11.5 Å². The highest BCUT2D eigenvalue weighted by atomic mass is 79.9. The number of anilines is 1. The van der Waals surface area contributed by atoms with E-state index in [1.54, 1.807) is 31.2 Å². The molecule has 3 aromatic rings. The van der Waals surface area contributed by atoms with Crippen LogP contribution in [-0.2, 0) is 16.2 Å². The van der Waals surface area contributed by atoms with Gasteiger partial charge in [0.25, 0.3) is 16.8 Å². The van der Waals surface area contributed by atoms with Gasteiger partial charge in [0.1, 0.15) is 19.0 Å². The van der Waals surface area contributed by atoms with Gasteiger partial charge in [-0.15, -0.1) is 0 Å². The van der Waals surface area contributed by atoms with Crippen molar-refractivity contribution < 1.29 is 33.2 Å². The number of rotatable bonds is 10. The number of halogens is 2. The minimum atomic E-state index is -0.632. The molecule has 3 aromatic carbocycles. The van der Waals surface area contributed by atoms with Crippen molar-refractivity contribution in [2.24, 2.45) is 0 Å². The Balaban J connectivity index is 1.47. The first kappa shape index (κ1) is 28.8. The van der Waals surface area contributed by atoms with E-state index >= 15 is 0 Å². The number of nitrogens with zero attached hydrogens (tertiary/aromatic N) is 2. The minimum Gasteiger partial charge on any atom is -0.490 e. The summed E-state index contributed by atoms with van der Waals surface area (Å²) in [7, 11) is 0. The van der Waals surface area contributed by atoms with Crippen molar-refractivity contribution in [2.75, 3.05) is 18.5 Å². The molecule has 0 spiro atoms. The average molecular weight is 630 g/mol. The molecule has 0 aromatic heterocycles. The lowest BCUT2D eigenvalue weighted by Gasteiger charge is -2.14. The van der Waals surface area contributed by atoms with Crippen LogP contribution in [0.15, 0.2) is 70.0 Å². The summed E-state index contributed by atoms with van der Waals surface area (Å²) in [4.78, 5) is 49.1. The Bertz CT molecular complexity index is 1500. The summed E-state index contributed by atoms with van der Waals surface area (Å²) in [6.07, 6.45) is 1.51. The fourth-order valence-corrected chi connectivity index (χ4v) is 4.84. The van der Waals surface area contributed by atoms with E-state index in [0.29, 0.717) is 51.2 Å². The number of benzene rings is 3. The van der Waals surface area contributed by atoms with Crippen LogP contribution >= 0.6 is 27.7 Å². The Morgan fingerprint density at radius 2 is 1.77 bits per heavy atom. The second-order valence-electron chi connectivity index (χ2n) is 8.29. The van der Waals surface area contributed by atoms with Crippen LogP contribution in [0.2, 0.25) is 0 Å². The number of carbonyl (C=O) groups is 3. The van der Waals surface area contributed by atoms with Crippen LogP contribution in [0.25, 0.3) is 6.08 Å². The molecule has 3 amide bonds. The third-order valence-corrected chi connectivity index (χ3v) is 7.09. The van der Waals surface area contributed by atoms with Crippen molar-refractivity contribution in [1.29, 1.82) is 0 Å². The molecule has 0 radical (unpaired) electrons. The third-order valence-electron chi connectivity index (χ3n) is 5.49. The monoisotopic (exact) mass is 629 g/mol. The third kappa shape index (κ3) is 7.04. The van der Waals surface area contributed by atoms with Gasteiger partial charge in [-0.05, 0) is 84.4 Å². The van der Waals surface area contributed by atoms with Crippen LogP contribution in [0.4, 0.5) is 20.6 Å². The summed E-state index contributed by atoms with van der Waals surface area (Å²) in [5.41, 5.74) is 1.55. The van der Waals surface area contributed by atoms with Gasteiger partial charge in [-0.1, -0.05) is 15.9 Å². The number of amides is 3. The van der Waals surface area contributed by atoms with Crippen molar-refractivity contribution in [2.45, 2.75) is 13.5 Å². The van der Waals surface area contributed by atoms with Crippen LogP contribution in [0.1, 0.15) is 18.1 Å². The second-order valence-corrected chi connectivity index (χ2v) is 10.1. The molecule has 10 nitrogen and oxygen atoms in total. The van der Waals surface area contributed by atoms with Crippen molar-refractivity contribution in [3.05, 3.63) is 97.1 Å². The zero-order valence-corrected chi connectivity index (χ0v) is 23.3. The maximum atomic E-state index is 13.1. The highest BCUT2D eigenvalue weighted by molar-refractivity contribution is 9.10. The number of thioether (sulfide) groups is 1. The van der Waals surface area contributed by atoms with Gasteiger partial charge in [0, 0.05) is 22.3 Å². The first-order valence-corrected chi connectivity index (χ1v) is 13.4. The molecule has 40 heavy (non-hydrogen) atoms. The van der Waals surface area contributed by atoms with Gasteiger partial charge in [0.05, 0.1) is 16.4 Å². The smallest absolute Gasteiger partial charge is 0.294 e. The minimum absolute atomic E-state index is 0.0243. The van der Waals surface area contributed by atoms with Gasteiger partial charge in [-0.25, -0.2) is 4.39 Å². The molecule has 0 unspecified atom stereocenters. The number of nitro benzene ring substituents is 1. The number of carbonyl (C=O) groups excluding carboxylic acids is 3. The van der Waals surface area contributed by atoms with Crippen molar-refractivity contribution in [3.8, 4) is 11.5 Å². The number of imide groups is 1. The average Bonchev–Trinajstić information content (AvgIpc) is 3.18. The SMILES string of the molecule is CCOc1cc(/C=C2\SC(=O)N(CC(=O)Nc3ccc(F)cc3)C2=O)c(Br)cc1OCc1ccc([N+](=O)[O-])cc1. The van der Waals surface area contributed by atoms with Crippen LogP contribution in [0.3, 0.4) is 0 Å². The molecule has 0 saturated carbocycles. The molecule has 1 heterocycles. The molecular formula is C27H21BrFN3O7S. The van der Waals surface area contributed by atoms with Gasteiger partial charge < -0.3 is 14.8 Å². The maximum absolute atomic E-state index is 13.1. The van der Waals surface area contributed by atoms with E-state index in [-0.39, 0.29) is 17.2 Å². The number of ether oxygens (including phenoxy) is 2. The fraction of sp³-hybridized carbons (Fsp3) is 0.148. The number of nitrogens with one attached hydrogen (secondary N) is 1. The number of hydrogen-bond donors (Lipinski definition) is 1. The fourth-order valence-electron chi connectivity index (χ4n) is 3.57. The summed E-state index contributed by atoms with van der Waals surface area (Å²) in [5.74, 6) is -0.916. The predicted octanol–water partition coefficient (Wildman–Crippen LogP) is 6.15. The molecule has 0 aliphatic carbocycles. The Kier molecular flexibility index (Phi) is 9.17. The summed E-state index contributed by atoms with van der Waals surface area (Å²) < 4.78 is 25.2. The normalized spacial score (nSPS) is 14.0. The van der Waals surface area contributed by atoms with Gasteiger partial charge in [-0.2, -0.15) is 0 Å². The van der Waals surface area contributed by atoms with Gasteiger partial charge >= 0.3 is 0 Å². The number of hydrogen-bond acceptors (Lipinski definition) is 8. The van der Waals surface area contributed by atoms with E-state index in [4.69, 9.17) is 9.47 Å². The zero-order valence-electron chi connectivity index (χ0n) is 20.9. The summed E-state index contributed by atoms with van der Waals surface area (Å²) in [6.45, 7) is 1.75. The topological polar surface area (TPSA) is 128 Å². The van der Waals surface area contributed by atoms with Crippen LogP contribution in [0, 0.1) is 15.9 Å². The highest BCUT2D eigenvalue weighted by Gasteiger charge is 2.36.